The van der Waals surface area contributed by atoms with Crippen molar-refractivity contribution in [2.45, 2.75) is 53.5 Å². The second-order valence-electron chi connectivity index (χ2n) is 6.60. The fourth-order valence-corrected chi connectivity index (χ4v) is 3.29. The number of carbonyl (C=O) groups is 1. The fourth-order valence-electron chi connectivity index (χ4n) is 3.29. The lowest BCUT2D eigenvalue weighted by atomic mass is 9.67. The molecule has 0 aromatic heterocycles. The highest BCUT2D eigenvalue weighted by atomic mass is 16.1. The van der Waals surface area contributed by atoms with Crippen LogP contribution in [0.5, 0.6) is 0 Å². The maximum Gasteiger partial charge on any atom is 0.181 e. The molecule has 0 N–H and O–H groups in total. The molecule has 98 valence electrons. The lowest BCUT2D eigenvalue weighted by molar-refractivity contribution is -0.112. The van der Waals surface area contributed by atoms with Crippen molar-refractivity contribution < 1.29 is 4.79 Å². The van der Waals surface area contributed by atoms with Gasteiger partial charge in [-0.15, -0.1) is 0 Å². The third kappa shape index (κ3) is 1.88. The summed E-state index contributed by atoms with van der Waals surface area (Å²) < 4.78 is 0. The van der Waals surface area contributed by atoms with Gasteiger partial charge in [0.25, 0.3) is 0 Å². The van der Waals surface area contributed by atoms with E-state index in [4.69, 9.17) is 4.99 Å². The average Bonchev–Trinajstić information content (AvgIpc) is 2.43. The maximum absolute atomic E-state index is 12.1. The van der Waals surface area contributed by atoms with Gasteiger partial charge in [0.15, 0.2) is 5.78 Å². The molecule has 1 atom stereocenters. The van der Waals surface area contributed by atoms with E-state index in [0.717, 1.165) is 23.3 Å². The second kappa shape index (κ2) is 3.91. The topological polar surface area (TPSA) is 29.4 Å². The summed E-state index contributed by atoms with van der Waals surface area (Å²) in [6, 6.07) is 0. The van der Waals surface area contributed by atoms with Crippen LogP contribution in [0.15, 0.2) is 28.3 Å². The molecule has 0 saturated carbocycles. The molecule has 0 radical (unpaired) electrons. The van der Waals surface area contributed by atoms with Gasteiger partial charge in [-0.1, -0.05) is 25.5 Å². The van der Waals surface area contributed by atoms with Crippen LogP contribution < -0.4 is 0 Å². The number of aliphatic imine (C=N–C) groups is 1. The molecule has 0 bridgehead atoms. The number of rotatable bonds is 1. The zero-order chi connectivity index (χ0) is 13.7. The van der Waals surface area contributed by atoms with Crippen LogP contribution in [0.3, 0.4) is 0 Å². The Bertz CT molecular complexity index is 491. The van der Waals surface area contributed by atoms with Gasteiger partial charge in [0.2, 0.25) is 0 Å². The Morgan fingerprint density at radius 3 is 2.33 bits per heavy atom. The third-order valence-corrected chi connectivity index (χ3v) is 4.19. The van der Waals surface area contributed by atoms with Crippen molar-refractivity contribution in [3.05, 3.63) is 23.3 Å². The molecular formula is C16H23NO. The van der Waals surface area contributed by atoms with Crippen LogP contribution in [0.1, 0.15) is 48.0 Å². The predicted octanol–water partition coefficient (Wildman–Crippen LogP) is 3.73. The zero-order valence-corrected chi connectivity index (χ0v) is 12.3. The van der Waals surface area contributed by atoms with Crippen molar-refractivity contribution in [1.29, 1.82) is 0 Å². The van der Waals surface area contributed by atoms with Crippen LogP contribution >= 0.6 is 0 Å². The molecule has 2 aliphatic rings. The van der Waals surface area contributed by atoms with E-state index in [1.54, 1.807) is 0 Å². The van der Waals surface area contributed by atoms with Gasteiger partial charge in [0, 0.05) is 11.1 Å². The molecule has 2 heteroatoms. The van der Waals surface area contributed by atoms with Crippen LogP contribution in [0, 0.1) is 11.3 Å². The number of allylic oxidation sites excluding steroid dienone is 4. The molecule has 0 saturated heterocycles. The number of hydrogen-bond acceptors (Lipinski definition) is 2. The van der Waals surface area contributed by atoms with E-state index in [1.807, 2.05) is 6.08 Å². The van der Waals surface area contributed by atoms with Crippen molar-refractivity contribution in [2.75, 3.05) is 0 Å². The molecule has 1 spiro atoms. The largest absolute Gasteiger partial charge is 0.290 e. The molecule has 1 heterocycles. The Hall–Kier alpha value is -1.18. The lowest BCUT2D eigenvalue weighted by Crippen LogP contribution is -2.32. The molecule has 2 rings (SSSR count). The van der Waals surface area contributed by atoms with Gasteiger partial charge in [0.1, 0.15) is 0 Å². The first-order chi connectivity index (χ1) is 8.18. The van der Waals surface area contributed by atoms with Crippen molar-refractivity contribution in [3.8, 4) is 0 Å². The normalized spacial score (nSPS) is 30.6. The first kappa shape index (κ1) is 13.3. The molecule has 1 aliphatic heterocycles. The van der Waals surface area contributed by atoms with E-state index in [0.29, 0.717) is 0 Å². The molecule has 0 fully saturated rings. The minimum atomic E-state index is -0.114. The highest BCUT2D eigenvalue weighted by Gasteiger charge is 2.46. The maximum atomic E-state index is 12.1. The Morgan fingerprint density at radius 1 is 1.28 bits per heavy atom. The zero-order valence-electron chi connectivity index (χ0n) is 12.3. The van der Waals surface area contributed by atoms with Gasteiger partial charge >= 0.3 is 0 Å². The second-order valence-corrected chi connectivity index (χ2v) is 6.60. The molecule has 0 aromatic rings. The summed E-state index contributed by atoms with van der Waals surface area (Å²) in [5.41, 5.74) is 3.08. The van der Waals surface area contributed by atoms with Crippen LogP contribution in [0.25, 0.3) is 0 Å². The highest BCUT2D eigenvalue weighted by Crippen LogP contribution is 2.48. The summed E-state index contributed by atoms with van der Waals surface area (Å²) in [4.78, 5) is 16.9. The molecule has 1 aliphatic carbocycles. The van der Waals surface area contributed by atoms with Gasteiger partial charge in [0.05, 0.1) is 5.54 Å². The Labute approximate surface area is 110 Å². The summed E-state index contributed by atoms with van der Waals surface area (Å²) in [5.74, 6) is 0.445. The van der Waals surface area contributed by atoms with Crippen molar-refractivity contribution in [1.82, 2.24) is 0 Å². The van der Waals surface area contributed by atoms with E-state index in [1.165, 1.54) is 0 Å². The van der Waals surface area contributed by atoms with E-state index in [9.17, 15) is 4.79 Å². The molecule has 1 unspecified atom stereocenters. The predicted molar refractivity (Wildman–Crippen MR) is 75.9 cm³/mol. The summed E-state index contributed by atoms with van der Waals surface area (Å²) in [6.45, 7) is 12.6. The van der Waals surface area contributed by atoms with Crippen molar-refractivity contribution in [3.63, 3.8) is 0 Å². The Kier molecular flexibility index (Phi) is 2.88. The number of ketones is 1. The van der Waals surface area contributed by atoms with Gasteiger partial charge in [-0.3, -0.25) is 9.79 Å². The average molecular weight is 245 g/mol. The molecule has 2 nitrogen and oxygen atoms in total. The first-order valence-corrected chi connectivity index (χ1v) is 6.71. The van der Waals surface area contributed by atoms with Gasteiger partial charge in [-0.25, -0.2) is 0 Å². The quantitative estimate of drug-likeness (QED) is 0.692. The van der Waals surface area contributed by atoms with Gasteiger partial charge in [-0.05, 0) is 51.7 Å². The molecular weight excluding hydrogens is 222 g/mol. The first-order valence-electron chi connectivity index (χ1n) is 6.71. The van der Waals surface area contributed by atoms with E-state index in [-0.39, 0.29) is 22.7 Å². The van der Waals surface area contributed by atoms with Crippen molar-refractivity contribution in [2.24, 2.45) is 16.3 Å². The van der Waals surface area contributed by atoms with Crippen molar-refractivity contribution >= 4 is 11.5 Å². The lowest BCUT2D eigenvalue weighted by Gasteiger charge is -2.34. The van der Waals surface area contributed by atoms with E-state index < -0.39 is 0 Å². The third-order valence-electron chi connectivity index (χ3n) is 4.19. The van der Waals surface area contributed by atoms with Crippen LogP contribution in [-0.4, -0.2) is 17.0 Å². The number of hydrogen-bond donors (Lipinski definition) is 0. The van der Waals surface area contributed by atoms with Gasteiger partial charge in [-0.2, -0.15) is 0 Å². The summed E-state index contributed by atoms with van der Waals surface area (Å²) >= 11 is 0. The summed E-state index contributed by atoms with van der Waals surface area (Å²) in [7, 11) is 0. The van der Waals surface area contributed by atoms with Crippen LogP contribution in [0.2, 0.25) is 0 Å². The smallest absolute Gasteiger partial charge is 0.181 e. The Balaban J connectivity index is 2.55. The monoisotopic (exact) mass is 245 g/mol. The molecule has 0 amide bonds. The molecule has 0 aromatic carbocycles. The fraction of sp³-hybridized carbons (Fsp3) is 0.625. The highest BCUT2D eigenvalue weighted by molar-refractivity contribution is 6.09. The number of nitrogens with zero attached hydrogens (tertiary/aromatic N) is 1. The van der Waals surface area contributed by atoms with E-state index >= 15 is 0 Å². The van der Waals surface area contributed by atoms with Crippen LogP contribution in [-0.2, 0) is 4.79 Å². The van der Waals surface area contributed by atoms with E-state index in [2.05, 4.69) is 47.6 Å². The standard InChI is InChI=1S/C16H23NO/c1-10(2)13-8-16(11(3)7-14(13)18)9-15(5,6)17-12(16)4/h7-8,10H,9H2,1-6H3. The number of carbonyl (C=O) groups excluding carboxylic acids is 1. The molecule has 18 heavy (non-hydrogen) atoms. The van der Waals surface area contributed by atoms with Gasteiger partial charge < -0.3 is 0 Å². The Morgan fingerprint density at radius 2 is 1.89 bits per heavy atom. The summed E-state index contributed by atoms with van der Waals surface area (Å²) in [5, 5.41) is 0. The minimum absolute atomic E-state index is 0.0296. The van der Waals surface area contributed by atoms with Crippen LogP contribution in [0.4, 0.5) is 0 Å². The minimum Gasteiger partial charge on any atom is -0.290 e. The SMILES string of the molecule is CC1=CC(=O)C(C(C)C)=CC12CC(C)(C)N=C2C. The summed E-state index contributed by atoms with van der Waals surface area (Å²) in [6.07, 6.45) is 4.97.